The molecule has 0 unspecified atom stereocenters. The Hall–Kier alpha value is -2.11. The van der Waals surface area contributed by atoms with E-state index in [0.29, 0.717) is 19.7 Å². The van der Waals surface area contributed by atoms with Gasteiger partial charge in [-0.05, 0) is 43.1 Å². The summed E-state index contributed by atoms with van der Waals surface area (Å²) < 4.78 is 5.46. The van der Waals surface area contributed by atoms with Crippen molar-refractivity contribution in [3.63, 3.8) is 0 Å². The maximum absolute atomic E-state index is 12.1. The Bertz CT molecular complexity index is 638. The first-order valence-corrected chi connectivity index (χ1v) is 8.80. The van der Waals surface area contributed by atoms with Crippen molar-refractivity contribution >= 4 is 17.2 Å². The van der Waals surface area contributed by atoms with Crippen molar-refractivity contribution in [2.45, 2.75) is 19.5 Å². The highest BCUT2D eigenvalue weighted by Gasteiger charge is 2.12. The Kier molecular flexibility index (Phi) is 7.03. The fraction of sp³-hybridized carbons (Fsp3) is 0.316. The van der Waals surface area contributed by atoms with E-state index in [1.165, 1.54) is 4.88 Å². The van der Waals surface area contributed by atoms with Gasteiger partial charge in [0, 0.05) is 11.4 Å². The van der Waals surface area contributed by atoms with Crippen LogP contribution in [0, 0.1) is 0 Å². The molecule has 0 spiro atoms. The van der Waals surface area contributed by atoms with Crippen molar-refractivity contribution in [2.24, 2.45) is 0 Å². The van der Waals surface area contributed by atoms with Gasteiger partial charge in [-0.3, -0.25) is 9.69 Å². The average Bonchev–Trinajstić information content (AvgIpc) is 3.08. The molecule has 1 N–H and O–H groups in total. The van der Waals surface area contributed by atoms with Gasteiger partial charge in [-0.2, -0.15) is 0 Å². The zero-order chi connectivity index (χ0) is 17.4. The smallest absolute Gasteiger partial charge is 0.234 e. The lowest BCUT2D eigenvalue weighted by atomic mass is 10.2. The Morgan fingerprint density at radius 3 is 2.75 bits per heavy atom. The van der Waals surface area contributed by atoms with Gasteiger partial charge in [-0.25, -0.2) is 0 Å². The first-order chi connectivity index (χ1) is 11.6. The second-order valence-electron chi connectivity index (χ2n) is 5.72. The quantitative estimate of drug-likeness (QED) is 0.707. The fourth-order valence-electron chi connectivity index (χ4n) is 2.35. The summed E-state index contributed by atoms with van der Waals surface area (Å²) in [6, 6.07) is 12.0. The van der Waals surface area contributed by atoms with E-state index in [9.17, 15) is 4.79 Å². The number of carbonyl (C=O) groups excluding carboxylic acids is 1. The second kappa shape index (κ2) is 9.25. The summed E-state index contributed by atoms with van der Waals surface area (Å²) in [7, 11) is 1.94. The van der Waals surface area contributed by atoms with Crippen molar-refractivity contribution < 1.29 is 9.53 Å². The van der Waals surface area contributed by atoms with Crippen LogP contribution in [0.4, 0.5) is 0 Å². The van der Waals surface area contributed by atoms with Crippen molar-refractivity contribution in [1.29, 1.82) is 0 Å². The van der Waals surface area contributed by atoms with Crippen LogP contribution in [0.1, 0.15) is 23.4 Å². The zero-order valence-electron chi connectivity index (χ0n) is 14.2. The molecular weight excluding hydrogens is 320 g/mol. The van der Waals surface area contributed by atoms with E-state index in [0.717, 1.165) is 11.3 Å². The monoisotopic (exact) mass is 344 g/mol. The molecule has 0 aliphatic rings. The maximum Gasteiger partial charge on any atom is 0.234 e. The topological polar surface area (TPSA) is 41.6 Å². The third kappa shape index (κ3) is 5.83. The van der Waals surface area contributed by atoms with Crippen LogP contribution in [-0.2, 0) is 11.3 Å². The van der Waals surface area contributed by atoms with E-state index in [4.69, 9.17) is 4.74 Å². The first-order valence-electron chi connectivity index (χ1n) is 7.92. The molecule has 2 aromatic rings. The van der Waals surface area contributed by atoms with E-state index in [1.54, 1.807) is 17.4 Å². The Morgan fingerprint density at radius 1 is 1.38 bits per heavy atom. The number of likely N-dealkylation sites (N-methyl/N-ethyl adjacent to an activating group) is 1. The second-order valence-corrected chi connectivity index (χ2v) is 6.70. The van der Waals surface area contributed by atoms with E-state index < -0.39 is 0 Å². The standard InChI is InChI=1S/C19H24N2O2S/c1-4-11-23-17-9-7-16(8-10-17)13-21(3)14-19(22)20-15(2)18-6-5-12-24-18/h4-10,12,15H,1,11,13-14H2,2-3H3,(H,20,22)/t15-/m1/s1. The number of amides is 1. The molecule has 5 heteroatoms. The largest absolute Gasteiger partial charge is 0.490 e. The molecule has 0 fully saturated rings. The summed E-state index contributed by atoms with van der Waals surface area (Å²) in [6.07, 6.45) is 1.72. The molecule has 0 aliphatic carbocycles. The molecule has 0 bridgehead atoms. The van der Waals surface area contributed by atoms with Crippen LogP contribution in [-0.4, -0.2) is 31.0 Å². The molecule has 24 heavy (non-hydrogen) atoms. The minimum atomic E-state index is 0.0318. The Morgan fingerprint density at radius 2 is 2.12 bits per heavy atom. The van der Waals surface area contributed by atoms with Gasteiger partial charge in [0.1, 0.15) is 12.4 Å². The number of hydrogen-bond donors (Lipinski definition) is 1. The minimum absolute atomic E-state index is 0.0318. The van der Waals surface area contributed by atoms with Gasteiger partial charge in [0.2, 0.25) is 5.91 Å². The number of thiophene rings is 1. The van der Waals surface area contributed by atoms with Crippen molar-refractivity contribution in [2.75, 3.05) is 20.2 Å². The highest BCUT2D eigenvalue weighted by atomic mass is 32.1. The SMILES string of the molecule is C=CCOc1ccc(CN(C)CC(=O)N[C@H](C)c2cccs2)cc1. The molecule has 1 atom stereocenters. The van der Waals surface area contributed by atoms with Crippen LogP contribution in [0.25, 0.3) is 0 Å². The van der Waals surface area contributed by atoms with Gasteiger partial charge in [-0.1, -0.05) is 30.9 Å². The van der Waals surface area contributed by atoms with Crippen molar-refractivity contribution in [3.05, 3.63) is 64.9 Å². The Labute approximate surface area is 147 Å². The Balaban J connectivity index is 1.78. The zero-order valence-corrected chi connectivity index (χ0v) is 15.0. The molecule has 1 aromatic heterocycles. The highest BCUT2D eigenvalue weighted by molar-refractivity contribution is 7.10. The van der Waals surface area contributed by atoms with Gasteiger partial charge in [-0.15, -0.1) is 11.3 Å². The summed E-state index contributed by atoms with van der Waals surface area (Å²) in [5.41, 5.74) is 1.14. The van der Waals surface area contributed by atoms with Crippen LogP contribution in [0.3, 0.4) is 0 Å². The summed E-state index contributed by atoms with van der Waals surface area (Å²) in [6.45, 7) is 7.21. The summed E-state index contributed by atoms with van der Waals surface area (Å²) in [5.74, 6) is 0.855. The summed E-state index contributed by atoms with van der Waals surface area (Å²) >= 11 is 1.66. The third-order valence-electron chi connectivity index (χ3n) is 3.50. The van der Waals surface area contributed by atoms with Gasteiger partial charge in [0.15, 0.2) is 0 Å². The van der Waals surface area contributed by atoms with Crippen LogP contribution >= 0.6 is 11.3 Å². The molecule has 0 saturated carbocycles. The van der Waals surface area contributed by atoms with Gasteiger partial charge >= 0.3 is 0 Å². The number of hydrogen-bond acceptors (Lipinski definition) is 4. The molecule has 0 aliphatic heterocycles. The normalized spacial score (nSPS) is 12.0. The number of nitrogens with zero attached hydrogens (tertiary/aromatic N) is 1. The number of benzene rings is 1. The lowest BCUT2D eigenvalue weighted by Gasteiger charge is -2.18. The molecule has 2 rings (SSSR count). The highest BCUT2D eigenvalue weighted by Crippen LogP contribution is 2.18. The number of ether oxygens (including phenoxy) is 1. The van der Waals surface area contributed by atoms with E-state index in [2.05, 4.69) is 11.9 Å². The molecule has 0 saturated heterocycles. The van der Waals surface area contributed by atoms with Crippen LogP contribution < -0.4 is 10.1 Å². The lowest BCUT2D eigenvalue weighted by Crippen LogP contribution is -2.36. The molecule has 1 amide bonds. The molecule has 0 radical (unpaired) electrons. The maximum atomic E-state index is 12.1. The number of carbonyl (C=O) groups is 1. The van der Waals surface area contributed by atoms with E-state index >= 15 is 0 Å². The van der Waals surface area contributed by atoms with Crippen LogP contribution in [0.15, 0.2) is 54.4 Å². The van der Waals surface area contributed by atoms with E-state index in [1.807, 2.05) is 60.6 Å². The van der Waals surface area contributed by atoms with Gasteiger partial charge in [0.25, 0.3) is 0 Å². The van der Waals surface area contributed by atoms with Crippen LogP contribution in [0.2, 0.25) is 0 Å². The molecule has 1 heterocycles. The minimum Gasteiger partial charge on any atom is -0.490 e. The number of nitrogens with one attached hydrogen (secondary N) is 1. The molecule has 4 nitrogen and oxygen atoms in total. The average molecular weight is 344 g/mol. The molecule has 128 valence electrons. The van der Waals surface area contributed by atoms with E-state index in [-0.39, 0.29) is 11.9 Å². The predicted octanol–water partition coefficient (Wildman–Crippen LogP) is 3.62. The van der Waals surface area contributed by atoms with Gasteiger partial charge in [0.05, 0.1) is 12.6 Å². The summed E-state index contributed by atoms with van der Waals surface area (Å²) in [4.78, 5) is 15.3. The lowest BCUT2D eigenvalue weighted by molar-refractivity contribution is -0.122. The first kappa shape index (κ1) is 18.2. The fourth-order valence-corrected chi connectivity index (χ4v) is 3.09. The van der Waals surface area contributed by atoms with Gasteiger partial charge < -0.3 is 10.1 Å². The van der Waals surface area contributed by atoms with Crippen molar-refractivity contribution in [1.82, 2.24) is 10.2 Å². The number of rotatable bonds is 9. The predicted molar refractivity (Wildman–Crippen MR) is 99.3 cm³/mol. The van der Waals surface area contributed by atoms with Crippen molar-refractivity contribution in [3.8, 4) is 5.75 Å². The molecule has 1 aromatic carbocycles. The van der Waals surface area contributed by atoms with Crippen LogP contribution in [0.5, 0.6) is 5.75 Å². The third-order valence-corrected chi connectivity index (χ3v) is 4.56. The summed E-state index contributed by atoms with van der Waals surface area (Å²) in [5, 5.41) is 5.05. The molecular formula is C19H24N2O2S.